The first-order valence-corrected chi connectivity index (χ1v) is 13.2. The Kier molecular flexibility index (Phi) is 7.00. The number of nitrogens with one attached hydrogen (secondary N) is 2. The number of ether oxygens (including phenoxy) is 1. The highest BCUT2D eigenvalue weighted by atomic mass is 32.2. The van der Waals surface area contributed by atoms with Gasteiger partial charge in [-0.1, -0.05) is 11.8 Å². The number of fused-ring (bicyclic) bond motifs is 1. The summed E-state index contributed by atoms with van der Waals surface area (Å²) < 4.78 is 31.0. The van der Waals surface area contributed by atoms with E-state index in [-0.39, 0.29) is 23.5 Å². The first-order valence-electron chi connectivity index (χ1n) is 9.39. The third-order valence-electron chi connectivity index (χ3n) is 4.36. The standard InChI is InChI=1S/C16H25N7O5S3/c1-16(2,3)28-14(25)11-8(7-29-13-10(17)12(24)23(11)13)9(5-6-18-31(4,26)27)30-15-19-21-22-20-15/h9-10,13,18H,5-7,17H2,1-4H3,(H,19,20,21,22)/t9?,10?,13-/m1/s1. The molecule has 0 radical (unpaired) electrons. The lowest BCUT2D eigenvalue weighted by atomic mass is 10.0. The van der Waals surface area contributed by atoms with Crippen LogP contribution >= 0.6 is 23.5 Å². The van der Waals surface area contributed by atoms with E-state index in [0.29, 0.717) is 22.9 Å². The molecule has 1 aromatic rings. The number of carbonyl (C=O) groups is 2. The van der Waals surface area contributed by atoms with Gasteiger partial charge in [0, 0.05) is 17.5 Å². The molecule has 2 aliphatic heterocycles. The summed E-state index contributed by atoms with van der Waals surface area (Å²) in [6, 6.07) is -0.681. The van der Waals surface area contributed by atoms with Gasteiger partial charge in [0.05, 0.1) is 6.26 Å². The van der Waals surface area contributed by atoms with Crippen molar-refractivity contribution in [2.24, 2.45) is 5.73 Å². The first-order chi connectivity index (χ1) is 14.4. The number of tetrazole rings is 1. The molecule has 1 saturated heterocycles. The zero-order valence-electron chi connectivity index (χ0n) is 17.5. The van der Waals surface area contributed by atoms with E-state index in [1.54, 1.807) is 20.8 Å². The van der Waals surface area contributed by atoms with E-state index < -0.39 is 32.9 Å². The molecule has 15 heteroatoms. The minimum Gasteiger partial charge on any atom is -0.455 e. The van der Waals surface area contributed by atoms with Crippen LogP contribution in [0.5, 0.6) is 0 Å². The van der Waals surface area contributed by atoms with Gasteiger partial charge in [-0.05, 0) is 38.0 Å². The quantitative estimate of drug-likeness (QED) is 0.241. The van der Waals surface area contributed by atoms with Crippen LogP contribution < -0.4 is 10.5 Å². The highest BCUT2D eigenvalue weighted by molar-refractivity contribution is 8.01. The summed E-state index contributed by atoms with van der Waals surface area (Å²) in [5.74, 6) is -0.554. The van der Waals surface area contributed by atoms with Crippen molar-refractivity contribution in [1.29, 1.82) is 0 Å². The molecule has 1 aromatic heterocycles. The number of H-pyrrole nitrogens is 1. The molecule has 2 aliphatic rings. The maximum absolute atomic E-state index is 13.1. The number of hydrogen-bond acceptors (Lipinski definition) is 11. The van der Waals surface area contributed by atoms with Gasteiger partial charge in [0.15, 0.2) is 0 Å². The molecule has 172 valence electrons. The van der Waals surface area contributed by atoms with Gasteiger partial charge in [-0.2, -0.15) is 5.21 Å². The molecular formula is C16H25N7O5S3. The Morgan fingerprint density at radius 2 is 2.19 bits per heavy atom. The first kappa shape index (κ1) is 24.0. The second-order valence-electron chi connectivity index (χ2n) is 8.07. The molecule has 0 spiro atoms. The van der Waals surface area contributed by atoms with E-state index in [1.807, 2.05) is 0 Å². The number of thioether (sulfide) groups is 2. The number of nitrogens with two attached hydrogens (primary N) is 1. The lowest BCUT2D eigenvalue weighted by Gasteiger charge is -2.49. The number of rotatable bonds is 8. The van der Waals surface area contributed by atoms with Gasteiger partial charge in [-0.25, -0.2) is 17.9 Å². The van der Waals surface area contributed by atoms with Crippen LogP contribution in [0.4, 0.5) is 0 Å². The summed E-state index contributed by atoms with van der Waals surface area (Å²) >= 11 is 2.67. The van der Waals surface area contributed by atoms with Crippen LogP contribution in [0.1, 0.15) is 27.2 Å². The average Bonchev–Trinajstić information content (AvgIpc) is 3.16. The van der Waals surface area contributed by atoms with Gasteiger partial charge in [-0.15, -0.1) is 22.0 Å². The van der Waals surface area contributed by atoms with Crippen molar-refractivity contribution in [2.45, 2.75) is 54.6 Å². The predicted octanol–water partition coefficient (Wildman–Crippen LogP) is -0.562. The fourth-order valence-electron chi connectivity index (χ4n) is 3.11. The van der Waals surface area contributed by atoms with Crippen LogP contribution in [-0.2, 0) is 24.3 Å². The summed E-state index contributed by atoms with van der Waals surface area (Å²) in [5.41, 5.74) is 5.96. The van der Waals surface area contributed by atoms with Crippen molar-refractivity contribution >= 4 is 45.4 Å². The number of β-lactam (4-membered cyclic amide) rings is 1. The third-order valence-corrected chi connectivity index (χ3v) is 7.60. The highest BCUT2D eigenvalue weighted by Gasteiger charge is 2.53. The number of sulfonamides is 1. The van der Waals surface area contributed by atoms with Crippen molar-refractivity contribution < 1.29 is 22.7 Å². The minimum atomic E-state index is -3.39. The fourth-order valence-corrected chi connectivity index (χ4v) is 6.08. The molecule has 0 bridgehead atoms. The van der Waals surface area contributed by atoms with E-state index in [4.69, 9.17) is 10.5 Å². The predicted molar refractivity (Wildman–Crippen MR) is 115 cm³/mol. The van der Waals surface area contributed by atoms with Crippen LogP contribution in [-0.4, -0.2) is 86.6 Å². The smallest absolute Gasteiger partial charge is 0.355 e. The summed E-state index contributed by atoms with van der Waals surface area (Å²) in [6.07, 6.45) is 1.40. The summed E-state index contributed by atoms with van der Waals surface area (Å²) in [4.78, 5) is 27.0. The average molecular weight is 492 g/mol. The van der Waals surface area contributed by atoms with E-state index in [9.17, 15) is 18.0 Å². The molecule has 0 aromatic carbocycles. The van der Waals surface area contributed by atoms with Gasteiger partial charge in [0.1, 0.15) is 22.7 Å². The van der Waals surface area contributed by atoms with Gasteiger partial charge in [0.2, 0.25) is 21.1 Å². The lowest BCUT2D eigenvalue weighted by molar-refractivity contribution is -0.158. The molecule has 3 atom stereocenters. The molecule has 0 aliphatic carbocycles. The summed E-state index contributed by atoms with van der Waals surface area (Å²) in [5, 5.41) is 13.4. The molecule has 12 nitrogen and oxygen atoms in total. The number of esters is 1. The van der Waals surface area contributed by atoms with Crippen molar-refractivity contribution in [1.82, 2.24) is 30.2 Å². The molecule has 31 heavy (non-hydrogen) atoms. The van der Waals surface area contributed by atoms with Crippen LogP contribution in [0.25, 0.3) is 0 Å². The fraction of sp³-hybridized carbons (Fsp3) is 0.688. The molecule has 4 N–H and O–H groups in total. The van der Waals surface area contributed by atoms with Crippen molar-refractivity contribution in [3.63, 3.8) is 0 Å². The van der Waals surface area contributed by atoms with E-state index in [1.165, 1.54) is 28.4 Å². The van der Waals surface area contributed by atoms with Crippen LogP contribution in [0.3, 0.4) is 0 Å². The van der Waals surface area contributed by atoms with E-state index >= 15 is 0 Å². The Labute approximate surface area is 188 Å². The van der Waals surface area contributed by atoms with Gasteiger partial charge in [-0.3, -0.25) is 9.69 Å². The summed E-state index contributed by atoms with van der Waals surface area (Å²) in [6.45, 7) is 5.35. The second-order valence-corrected chi connectivity index (χ2v) is 12.2. The molecule has 1 fully saturated rings. The number of amides is 1. The van der Waals surface area contributed by atoms with Crippen LogP contribution in [0.15, 0.2) is 16.4 Å². The number of aromatic amines is 1. The maximum Gasteiger partial charge on any atom is 0.355 e. The zero-order chi connectivity index (χ0) is 23.0. The zero-order valence-corrected chi connectivity index (χ0v) is 19.9. The van der Waals surface area contributed by atoms with Gasteiger partial charge in [0.25, 0.3) is 0 Å². The SMILES string of the molecule is CC(C)(C)OC(=O)C1=C(C(CCNS(C)(=O)=O)Sc2nn[nH]n2)CS[C@@H]2C(N)C(=O)N12. The topological polar surface area (TPSA) is 173 Å². The highest BCUT2D eigenvalue weighted by Crippen LogP contribution is 2.44. The second kappa shape index (κ2) is 9.05. The molecule has 0 saturated carbocycles. The number of nitrogens with zero attached hydrogens (tertiary/aromatic N) is 4. The number of hydrogen-bond donors (Lipinski definition) is 3. The Morgan fingerprint density at radius 3 is 2.77 bits per heavy atom. The largest absolute Gasteiger partial charge is 0.455 e. The van der Waals surface area contributed by atoms with Crippen LogP contribution in [0, 0.1) is 0 Å². The van der Waals surface area contributed by atoms with Crippen LogP contribution in [0.2, 0.25) is 0 Å². The normalized spacial score (nSPS) is 22.7. The monoisotopic (exact) mass is 491 g/mol. The summed E-state index contributed by atoms with van der Waals surface area (Å²) in [7, 11) is -3.39. The minimum absolute atomic E-state index is 0.126. The van der Waals surface area contributed by atoms with Crippen molar-refractivity contribution in [3.05, 3.63) is 11.3 Å². The third kappa shape index (κ3) is 5.77. The number of carbonyl (C=O) groups excluding carboxylic acids is 2. The number of aromatic nitrogens is 4. The Balaban J connectivity index is 1.98. The molecular weight excluding hydrogens is 466 g/mol. The Morgan fingerprint density at radius 1 is 1.48 bits per heavy atom. The van der Waals surface area contributed by atoms with Crippen molar-refractivity contribution in [3.8, 4) is 0 Å². The molecule has 1 amide bonds. The Bertz CT molecular complexity index is 974. The molecule has 3 heterocycles. The van der Waals surface area contributed by atoms with Gasteiger partial charge < -0.3 is 10.5 Å². The Hall–Kier alpha value is -1.68. The van der Waals surface area contributed by atoms with E-state index in [2.05, 4.69) is 25.3 Å². The molecule has 3 rings (SSSR count). The molecule has 2 unspecified atom stereocenters. The van der Waals surface area contributed by atoms with Gasteiger partial charge >= 0.3 is 5.97 Å². The maximum atomic E-state index is 13.1. The van der Waals surface area contributed by atoms with Crippen molar-refractivity contribution in [2.75, 3.05) is 18.6 Å². The van der Waals surface area contributed by atoms with E-state index in [0.717, 1.165) is 6.26 Å². The lowest BCUT2D eigenvalue weighted by Crippen LogP contribution is -2.68.